The maximum Gasteiger partial charge on any atom is 0.397 e. The van der Waals surface area contributed by atoms with E-state index in [0.29, 0.717) is 11.8 Å². The number of azo groups is 3. The number of carbonyl (C=O) groups is 1. The molecule has 0 aromatic heterocycles. The summed E-state index contributed by atoms with van der Waals surface area (Å²) in [6.45, 7) is 0.826. The zero-order valence-corrected chi connectivity index (χ0v) is 31.0. The van der Waals surface area contributed by atoms with E-state index in [1.54, 1.807) is 24.3 Å². The molecule has 292 valence electrons. The monoisotopic (exact) mass is 840 g/mol. The number of hydrogen-bond acceptors (Lipinski definition) is 18. The van der Waals surface area contributed by atoms with Gasteiger partial charge in [-0.1, -0.05) is 17.7 Å². The molecule has 4 aromatic carbocycles. The lowest BCUT2D eigenvalue weighted by molar-refractivity contribution is 0.259. The predicted octanol–water partition coefficient (Wildman–Crippen LogP) is 4.98. The zero-order chi connectivity index (χ0) is 40.9. The highest BCUT2D eigenvalue weighted by molar-refractivity contribution is 7.91. The minimum absolute atomic E-state index is 0.0543. The highest BCUT2D eigenvalue weighted by Gasteiger charge is 2.24. The smallest absolute Gasteiger partial charge is 0.396 e. The van der Waals surface area contributed by atoms with Gasteiger partial charge >= 0.3 is 16.4 Å². The predicted molar refractivity (Wildman–Crippen MR) is 194 cm³/mol. The highest BCUT2D eigenvalue weighted by Crippen LogP contribution is 2.43. The zero-order valence-electron chi connectivity index (χ0n) is 27.7. The standard InChI is InChI=1S/C28H28N10O13S4/c1-15-2-4-16(5-3-15)33-38-27-25(29)22(14-24(26(27)30)54(45,46)47)37-34-17-6-8-19(21(12-17)32-28(31)39)35-36-20-9-7-18(13-23(20)53(42,43)44)52(40,41)11-10-51-55(48,49)50/h2-9,12-14H,10-11,29-30H2,1H3,(H3,31,32,39)(H,42,43,44)(H,45,46,47)(H,48,49,50). The van der Waals surface area contributed by atoms with Gasteiger partial charge in [0, 0.05) is 0 Å². The Bertz CT molecular complexity index is 2710. The normalized spacial score (nSPS) is 12.9. The third-order valence-electron chi connectivity index (χ3n) is 6.83. The molecular weight excluding hydrogens is 813 g/mol. The summed E-state index contributed by atoms with van der Waals surface area (Å²) in [5.41, 5.74) is 16.2. The van der Waals surface area contributed by atoms with E-state index in [0.717, 1.165) is 29.8 Å². The molecule has 0 aliphatic rings. The summed E-state index contributed by atoms with van der Waals surface area (Å²) in [7, 11) is -19.5. The molecule has 55 heavy (non-hydrogen) atoms. The van der Waals surface area contributed by atoms with Gasteiger partial charge in [-0.3, -0.25) is 13.7 Å². The third kappa shape index (κ3) is 11.3. The Morgan fingerprint density at radius 2 is 1.24 bits per heavy atom. The molecule has 0 atom stereocenters. The molecule has 0 aliphatic heterocycles. The van der Waals surface area contributed by atoms with Crippen LogP contribution in [0, 0.1) is 6.92 Å². The summed E-state index contributed by atoms with van der Waals surface area (Å²) in [5, 5.41) is 25.7. The lowest BCUT2D eigenvalue weighted by Crippen LogP contribution is -2.19. The number of nitrogens with zero attached hydrogens (tertiary/aromatic N) is 6. The summed E-state index contributed by atoms with van der Waals surface area (Å²) in [6.07, 6.45) is 0. The molecule has 23 nitrogen and oxygen atoms in total. The van der Waals surface area contributed by atoms with Crippen molar-refractivity contribution in [1.82, 2.24) is 0 Å². The number of primary amides is 1. The molecule has 4 rings (SSSR count). The number of carbonyl (C=O) groups excluding carboxylic acids is 1. The molecule has 0 saturated carbocycles. The molecule has 0 bridgehead atoms. The Labute approximate surface area is 312 Å². The molecule has 2 amide bonds. The van der Waals surface area contributed by atoms with Crippen molar-refractivity contribution < 1.29 is 56.3 Å². The van der Waals surface area contributed by atoms with Gasteiger partial charge in [-0.2, -0.15) is 35.5 Å². The molecule has 0 aliphatic carbocycles. The number of rotatable bonds is 14. The molecule has 0 heterocycles. The van der Waals surface area contributed by atoms with Crippen LogP contribution in [0.5, 0.6) is 0 Å². The van der Waals surface area contributed by atoms with Crippen LogP contribution in [0.1, 0.15) is 5.56 Å². The van der Waals surface area contributed by atoms with E-state index < -0.39 is 84.9 Å². The molecule has 0 saturated heterocycles. The van der Waals surface area contributed by atoms with E-state index in [-0.39, 0.29) is 34.1 Å². The summed E-state index contributed by atoms with van der Waals surface area (Å²) in [6, 6.07) is 12.2. The van der Waals surface area contributed by atoms with E-state index in [9.17, 15) is 47.6 Å². The van der Waals surface area contributed by atoms with Gasteiger partial charge in [-0.15, -0.1) is 20.5 Å². The second kappa shape index (κ2) is 16.3. The SMILES string of the molecule is Cc1ccc(N=Nc2c(N)c(N=Nc3ccc(N=Nc4ccc(S(=O)(=O)CCOS(=O)(=O)O)cc4S(=O)(=O)O)c(NC(N)=O)c3)cc(S(=O)(=O)O)c2N)cc1. The second-order valence-corrected chi connectivity index (χ2v) is 16.8. The number of sulfone groups is 1. The fraction of sp³-hybridized carbons (Fsp3) is 0.107. The van der Waals surface area contributed by atoms with Crippen molar-refractivity contribution in [2.45, 2.75) is 21.6 Å². The van der Waals surface area contributed by atoms with Crippen LogP contribution in [-0.4, -0.2) is 65.7 Å². The Hall–Kier alpha value is -5.81. The molecule has 27 heteroatoms. The van der Waals surface area contributed by atoms with Gasteiger partial charge in [-0.25, -0.2) is 17.4 Å². The number of nitrogens with one attached hydrogen (secondary N) is 1. The van der Waals surface area contributed by atoms with Crippen molar-refractivity contribution in [3.8, 4) is 0 Å². The van der Waals surface area contributed by atoms with E-state index in [2.05, 4.69) is 40.2 Å². The number of hydrogen-bond donors (Lipinski definition) is 7. The average Bonchev–Trinajstić information content (AvgIpc) is 3.06. The number of anilines is 3. The minimum Gasteiger partial charge on any atom is -0.396 e. The molecule has 0 radical (unpaired) electrons. The van der Waals surface area contributed by atoms with Crippen molar-refractivity contribution in [2.75, 3.05) is 29.1 Å². The largest absolute Gasteiger partial charge is 0.397 e. The van der Waals surface area contributed by atoms with Crippen LogP contribution in [0.3, 0.4) is 0 Å². The third-order valence-corrected chi connectivity index (χ3v) is 10.7. The van der Waals surface area contributed by atoms with Crippen molar-refractivity contribution in [2.24, 2.45) is 36.4 Å². The Morgan fingerprint density at radius 1 is 0.673 bits per heavy atom. The summed E-state index contributed by atoms with van der Waals surface area (Å²) < 4.78 is 127. The van der Waals surface area contributed by atoms with Crippen LogP contribution in [0.4, 0.5) is 56.0 Å². The van der Waals surface area contributed by atoms with E-state index >= 15 is 0 Å². The first-order chi connectivity index (χ1) is 25.4. The van der Waals surface area contributed by atoms with Gasteiger partial charge in [-0.05, 0) is 61.5 Å². The van der Waals surface area contributed by atoms with E-state index in [4.69, 9.17) is 21.8 Å². The Kier molecular flexibility index (Phi) is 12.4. The molecule has 0 fully saturated rings. The fourth-order valence-corrected chi connectivity index (χ4v) is 7.12. The second-order valence-electron chi connectivity index (χ2n) is 10.8. The van der Waals surface area contributed by atoms with Gasteiger partial charge < -0.3 is 22.5 Å². The number of benzene rings is 4. The first kappa shape index (κ1) is 41.9. The van der Waals surface area contributed by atoms with Crippen molar-refractivity contribution >= 4 is 97.7 Å². The Morgan fingerprint density at radius 3 is 1.84 bits per heavy atom. The van der Waals surface area contributed by atoms with Crippen LogP contribution < -0.4 is 22.5 Å². The number of nitrogen functional groups attached to an aromatic ring is 2. The molecule has 0 spiro atoms. The van der Waals surface area contributed by atoms with Crippen LogP contribution in [0.2, 0.25) is 0 Å². The molecule has 10 N–H and O–H groups in total. The fourth-order valence-electron chi connectivity index (χ4n) is 4.26. The minimum atomic E-state index is -5.16. The maximum absolute atomic E-state index is 12.6. The average molecular weight is 841 g/mol. The van der Waals surface area contributed by atoms with Gasteiger partial charge in [0.25, 0.3) is 20.2 Å². The number of urea groups is 1. The van der Waals surface area contributed by atoms with E-state index in [1.165, 1.54) is 12.1 Å². The Balaban J connectivity index is 1.71. The summed E-state index contributed by atoms with van der Waals surface area (Å²) in [4.78, 5) is 9.25. The van der Waals surface area contributed by atoms with Crippen LogP contribution >= 0.6 is 0 Å². The van der Waals surface area contributed by atoms with Gasteiger partial charge in [0.2, 0.25) is 0 Å². The number of nitrogens with two attached hydrogens (primary N) is 3. The summed E-state index contributed by atoms with van der Waals surface area (Å²) >= 11 is 0. The van der Waals surface area contributed by atoms with Crippen molar-refractivity contribution in [3.05, 3.63) is 72.3 Å². The van der Waals surface area contributed by atoms with Crippen LogP contribution in [0.15, 0.2) is 112 Å². The van der Waals surface area contributed by atoms with E-state index in [1.807, 2.05) is 6.92 Å². The van der Waals surface area contributed by atoms with Crippen LogP contribution in [0.25, 0.3) is 0 Å². The molecule has 0 unspecified atom stereocenters. The van der Waals surface area contributed by atoms with Crippen molar-refractivity contribution in [3.63, 3.8) is 0 Å². The maximum atomic E-state index is 12.6. The van der Waals surface area contributed by atoms with Gasteiger partial charge in [0.15, 0.2) is 9.84 Å². The van der Waals surface area contributed by atoms with Gasteiger partial charge in [0.05, 0.1) is 45.7 Å². The first-order valence-electron chi connectivity index (χ1n) is 14.6. The quantitative estimate of drug-likeness (QED) is 0.0500. The molecule has 4 aromatic rings. The molecular formula is C28H28N10O13S4. The number of aryl methyl sites for hydroxylation is 1. The van der Waals surface area contributed by atoms with Gasteiger partial charge in [0.1, 0.15) is 32.5 Å². The lowest BCUT2D eigenvalue weighted by atomic mass is 10.2. The summed E-state index contributed by atoms with van der Waals surface area (Å²) in [5.74, 6) is -1.02. The lowest BCUT2D eigenvalue weighted by Gasteiger charge is -2.10. The van der Waals surface area contributed by atoms with Crippen LogP contribution in [-0.2, 0) is 44.7 Å². The first-order valence-corrected chi connectivity index (χ1v) is 20.5. The topological polar surface area (TPSA) is 388 Å². The highest BCUT2D eigenvalue weighted by atomic mass is 32.3. The van der Waals surface area contributed by atoms with Crippen molar-refractivity contribution in [1.29, 1.82) is 0 Å². The number of amides is 2.